The lowest BCUT2D eigenvalue weighted by atomic mass is 9.74. The van der Waals surface area contributed by atoms with E-state index in [1.807, 2.05) is 20.9 Å². The maximum atomic E-state index is 12.7. The first-order chi connectivity index (χ1) is 11.3. The van der Waals surface area contributed by atoms with E-state index in [0.717, 1.165) is 29.6 Å². The Bertz CT molecular complexity index is 814. The molecule has 2 aromatic heterocycles. The lowest BCUT2D eigenvalue weighted by Gasteiger charge is -2.39. The molecule has 0 radical (unpaired) electrons. The van der Waals surface area contributed by atoms with Gasteiger partial charge in [0.2, 0.25) is 0 Å². The molecule has 1 saturated carbocycles. The summed E-state index contributed by atoms with van der Waals surface area (Å²) in [6.45, 7) is 3.69. The number of carbonyl (C=O) groups is 2. The maximum absolute atomic E-state index is 12.7. The normalized spacial score (nSPS) is 24.0. The summed E-state index contributed by atoms with van der Waals surface area (Å²) in [6.07, 6.45) is 4.56. The third-order valence-electron chi connectivity index (χ3n) is 5.03. The summed E-state index contributed by atoms with van der Waals surface area (Å²) in [5.74, 6) is -1.70. The molecular weight excluding hydrogens is 308 g/mol. The van der Waals surface area contributed by atoms with E-state index in [9.17, 15) is 14.7 Å². The van der Waals surface area contributed by atoms with Gasteiger partial charge in [0.15, 0.2) is 5.65 Å². The van der Waals surface area contributed by atoms with Crippen molar-refractivity contribution in [2.24, 2.45) is 13.0 Å². The number of aromatic nitrogens is 3. The van der Waals surface area contributed by atoms with Crippen LogP contribution in [0.15, 0.2) is 12.3 Å². The fraction of sp³-hybridized carbons (Fsp3) is 0.529. The van der Waals surface area contributed by atoms with Crippen molar-refractivity contribution in [3.8, 4) is 0 Å². The topological polar surface area (TPSA) is 97.1 Å². The van der Waals surface area contributed by atoms with E-state index in [1.165, 1.54) is 6.20 Å². The standard InChI is InChI=1S/C17H22N4O3/c1-10-12-8-11(9-18-14(12)21(3)20-10)15(22)19-17(2)7-5-4-6-13(17)16(23)24/h8-9,13H,4-7H2,1-3H3,(H,19,22)(H,23,24)/t13-,17-/m1/s1. The second kappa shape index (κ2) is 5.89. The Hall–Kier alpha value is -2.44. The predicted octanol–water partition coefficient (Wildman–Crippen LogP) is 2.04. The summed E-state index contributed by atoms with van der Waals surface area (Å²) in [5.41, 5.74) is 1.22. The molecule has 0 spiro atoms. The van der Waals surface area contributed by atoms with Crippen LogP contribution in [0.5, 0.6) is 0 Å². The van der Waals surface area contributed by atoms with Crippen molar-refractivity contribution >= 4 is 22.9 Å². The van der Waals surface area contributed by atoms with E-state index in [4.69, 9.17) is 0 Å². The van der Waals surface area contributed by atoms with Crippen molar-refractivity contribution in [3.63, 3.8) is 0 Å². The van der Waals surface area contributed by atoms with Crippen LogP contribution in [0.1, 0.15) is 48.7 Å². The minimum absolute atomic E-state index is 0.289. The van der Waals surface area contributed by atoms with Gasteiger partial charge >= 0.3 is 5.97 Å². The lowest BCUT2D eigenvalue weighted by molar-refractivity contribution is -0.145. The van der Waals surface area contributed by atoms with Crippen molar-refractivity contribution in [1.82, 2.24) is 20.1 Å². The first-order valence-electron chi connectivity index (χ1n) is 8.16. The minimum atomic E-state index is -0.853. The molecule has 1 aliphatic rings. The largest absolute Gasteiger partial charge is 0.481 e. The van der Waals surface area contributed by atoms with E-state index in [2.05, 4.69) is 15.4 Å². The molecule has 3 rings (SSSR count). The number of carbonyl (C=O) groups excluding carboxylic acids is 1. The van der Waals surface area contributed by atoms with Crippen LogP contribution in [0.2, 0.25) is 0 Å². The first-order valence-corrected chi connectivity index (χ1v) is 8.16. The Morgan fingerprint density at radius 3 is 2.88 bits per heavy atom. The van der Waals surface area contributed by atoms with Gasteiger partial charge in [0.25, 0.3) is 5.91 Å². The van der Waals surface area contributed by atoms with Gasteiger partial charge in [-0.05, 0) is 32.8 Å². The van der Waals surface area contributed by atoms with Gasteiger partial charge in [0.05, 0.1) is 22.7 Å². The Morgan fingerprint density at radius 2 is 2.17 bits per heavy atom. The van der Waals surface area contributed by atoms with Crippen molar-refractivity contribution in [1.29, 1.82) is 0 Å². The Kier molecular flexibility index (Phi) is 4.03. The molecule has 0 aromatic carbocycles. The molecule has 24 heavy (non-hydrogen) atoms. The van der Waals surface area contributed by atoms with Crippen LogP contribution >= 0.6 is 0 Å². The van der Waals surface area contributed by atoms with Crippen molar-refractivity contribution in [2.75, 3.05) is 0 Å². The molecule has 1 fully saturated rings. The van der Waals surface area contributed by atoms with Crippen LogP contribution in [0, 0.1) is 12.8 Å². The molecular formula is C17H22N4O3. The summed E-state index contributed by atoms with van der Waals surface area (Å²) in [5, 5.41) is 17.5. The molecule has 2 aromatic rings. The molecule has 0 bridgehead atoms. The highest BCUT2D eigenvalue weighted by atomic mass is 16.4. The van der Waals surface area contributed by atoms with E-state index < -0.39 is 17.4 Å². The Morgan fingerprint density at radius 1 is 1.42 bits per heavy atom. The average Bonchev–Trinajstić information content (AvgIpc) is 2.81. The quantitative estimate of drug-likeness (QED) is 0.897. The highest BCUT2D eigenvalue weighted by Crippen LogP contribution is 2.34. The molecule has 1 amide bonds. The van der Waals surface area contributed by atoms with Crippen molar-refractivity contribution in [3.05, 3.63) is 23.5 Å². The number of rotatable bonds is 3. The van der Waals surface area contributed by atoms with Crippen LogP contribution in [0.25, 0.3) is 11.0 Å². The van der Waals surface area contributed by atoms with E-state index in [-0.39, 0.29) is 5.91 Å². The van der Waals surface area contributed by atoms with E-state index in [1.54, 1.807) is 10.7 Å². The summed E-state index contributed by atoms with van der Waals surface area (Å²) in [6, 6.07) is 1.77. The molecule has 7 nitrogen and oxygen atoms in total. The lowest BCUT2D eigenvalue weighted by Crippen LogP contribution is -2.55. The molecule has 0 unspecified atom stereocenters. The Balaban J connectivity index is 1.88. The molecule has 1 aliphatic carbocycles. The second-order valence-electron chi connectivity index (χ2n) is 6.81. The molecule has 0 aliphatic heterocycles. The number of amides is 1. The smallest absolute Gasteiger partial charge is 0.308 e. The number of nitrogens with one attached hydrogen (secondary N) is 1. The van der Waals surface area contributed by atoms with Gasteiger partial charge in [0.1, 0.15) is 0 Å². The number of fused-ring (bicyclic) bond motifs is 1. The third kappa shape index (κ3) is 2.74. The fourth-order valence-electron chi connectivity index (χ4n) is 3.64. The zero-order chi connectivity index (χ0) is 17.5. The maximum Gasteiger partial charge on any atom is 0.308 e. The highest BCUT2D eigenvalue weighted by Gasteiger charge is 2.42. The average molecular weight is 330 g/mol. The molecule has 2 N–H and O–H groups in total. The Labute approximate surface area is 140 Å². The molecule has 2 heterocycles. The number of nitrogens with zero attached hydrogens (tertiary/aromatic N) is 3. The summed E-state index contributed by atoms with van der Waals surface area (Å²) in [7, 11) is 1.81. The van der Waals surface area contributed by atoms with Gasteiger partial charge in [0, 0.05) is 18.6 Å². The first kappa shape index (κ1) is 16.4. The zero-order valence-electron chi connectivity index (χ0n) is 14.2. The zero-order valence-corrected chi connectivity index (χ0v) is 14.2. The minimum Gasteiger partial charge on any atom is -0.481 e. The highest BCUT2D eigenvalue weighted by molar-refractivity contribution is 5.98. The second-order valence-corrected chi connectivity index (χ2v) is 6.81. The van der Waals surface area contributed by atoms with Crippen molar-refractivity contribution in [2.45, 2.75) is 45.1 Å². The SMILES string of the molecule is Cc1nn(C)c2ncc(C(=O)N[C@]3(C)CCCC[C@@H]3C(=O)O)cc12. The van der Waals surface area contributed by atoms with Crippen molar-refractivity contribution < 1.29 is 14.7 Å². The van der Waals surface area contributed by atoms with Gasteiger partial charge < -0.3 is 10.4 Å². The summed E-state index contributed by atoms with van der Waals surface area (Å²) in [4.78, 5) is 28.5. The van der Waals surface area contributed by atoms with Gasteiger partial charge in [-0.25, -0.2) is 4.98 Å². The van der Waals surface area contributed by atoms with Gasteiger partial charge in [-0.1, -0.05) is 12.8 Å². The van der Waals surface area contributed by atoms with Gasteiger partial charge in [-0.15, -0.1) is 0 Å². The van der Waals surface area contributed by atoms with Gasteiger partial charge in [-0.3, -0.25) is 14.3 Å². The molecule has 2 atom stereocenters. The third-order valence-corrected chi connectivity index (χ3v) is 5.03. The molecule has 128 valence electrons. The number of aryl methyl sites for hydroxylation is 2. The summed E-state index contributed by atoms with van der Waals surface area (Å²) < 4.78 is 1.68. The summed E-state index contributed by atoms with van der Waals surface area (Å²) >= 11 is 0. The van der Waals surface area contributed by atoms with Crippen LogP contribution in [0.3, 0.4) is 0 Å². The van der Waals surface area contributed by atoms with Crippen LogP contribution in [0.4, 0.5) is 0 Å². The van der Waals surface area contributed by atoms with Crippen LogP contribution < -0.4 is 5.32 Å². The number of aliphatic carboxylic acids is 1. The number of hydrogen-bond acceptors (Lipinski definition) is 4. The number of carboxylic acids is 1. The number of carboxylic acid groups (broad SMARTS) is 1. The monoisotopic (exact) mass is 330 g/mol. The van der Waals surface area contributed by atoms with Crippen LogP contribution in [-0.2, 0) is 11.8 Å². The molecule has 0 saturated heterocycles. The number of hydrogen-bond donors (Lipinski definition) is 2. The fourth-order valence-corrected chi connectivity index (χ4v) is 3.64. The number of pyridine rings is 1. The molecule has 7 heteroatoms. The van der Waals surface area contributed by atoms with Gasteiger partial charge in [-0.2, -0.15) is 5.10 Å². The predicted molar refractivity (Wildman–Crippen MR) is 88.7 cm³/mol. The van der Waals surface area contributed by atoms with E-state index >= 15 is 0 Å². The van der Waals surface area contributed by atoms with Crippen LogP contribution in [-0.4, -0.2) is 37.3 Å². The van der Waals surface area contributed by atoms with E-state index in [0.29, 0.717) is 18.4 Å².